The van der Waals surface area contributed by atoms with Gasteiger partial charge in [-0.3, -0.25) is 0 Å². The van der Waals surface area contributed by atoms with Gasteiger partial charge in [0.05, 0.1) is 5.69 Å². The first-order valence-electron chi connectivity index (χ1n) is 9.79. The Morgan fingerprint density at radius 2 is 1.63 bits per heavy atom. The van der Waals surface area contributed by atoms with Gasteiger partial charge in [0.25, 0.3) is 0 Å². The smallest absolute Gasteiger partial charge is 0.322 e. The third-order valence-electron chi connectivity index (χ3n) is 5.61. The van der Waals surface area contributed by atoms with Crippen LogP contribution in [0, 0.1) is 11.6 Å². The third kappa shape index (κ3) is 3.01. The highest BCUT2D eigenvalue weighted by Crippen LogP contribution is 2.39. The summed E-state index contributed by atoms with van der Waals surface area (Å²) in [6.07, 6.45) is 0.620. The van der Waals surface area contributed by atoms with Crippen molar-refractivity contribution in [3.8, 4) is 0 Å². The van der Waals surface area contributed by atoms with Crippen LogP contribution in [0.5, 0.6) is 0 Å². The molecule has 4 nitrogen and oxygen atoms in total. The summed E-state index contributed by atoms with van der Waals surface area (Å²) in [5.41, 5.74) is 3.30. The van der Waals surface area contributed by atoms with E-state index in [-0.39, 0.29) is 5.69 Å². The number of rotatable bonds is 2. The number of H-pyrrole nitrogens is 1. The van der Waals surface area contributed by atoms with Crippen LogP contribution in [0.3, 0.4) is 0 Å². The standard InChI is InChI=1S/C24H19F2N3O/c25-18-9-3-1-8-17(18)23-22-16(15-7-2-5-11-20(15)27-22)13-14-29(23)24(30)28-21-12-6-4-10-19(21)26/h1-12,23,27H,13-14H2,(H,28,30). The molecule has 2 N–H and O–H groups in total. The van der Waals surface area contributed by atoms with E-state index < -0.39 is 23.7 Å². The quantitative estimate of drug-likeness (QED) is 0.448. The van der Waals surface area contributed by atoms with Crippen molar-refractivity contribution in [3.05, 3.63) is 101 Å². The van der Waals surface area contributed by atoms with Crippen molar-refractivity contribution in [2.24, 2.45) is 0 Å². The van der Waals surface area contributed by atoms with E-state index in [0.29, 0.717) is 18.5 Å². The van der Waals surface area contributed by atoms with Crippen molar-refractivity contribution < 1.29 is 13.6 Å². The number of fused-ring (bicyclic) bond motifs is 3. The molecule has 30 heavy (non-hydrogen) atoms. The molecular weight excluding hydrogens is 384 g/mol. The van der Waals surface area contributed by atoms with Gasteiger partial charge in [-0.1, -0.05) is 48.5 Å². The molecule has 0 bridgehead atoms. The molecule has 150 valence electrons. The topological polar surface area (TPSA) is 48.1 Å². The highest BCUT2D eigenvalue weighted by Gasteiger charge is 2.36. The van der Waals surface area contributed by atoms with E-state index >= 15 is 0 Å². The Labute approximate surface area is 172 Å². The molecular formula is C24H19F2N3O. The number of para-hydroxylation sites is 2. The maximum atomic E-state index is 14.8. The second kappa shape index (κ2) is 7.30. The van der Waals surface area contributed by atoms with Gasteiger partial charge in [-0.15, -0.1) is 0 Å². The normalized spacial score (nSPS) is 15.8. The first kappa shape index (κ1) is 18.4. The Hall–Kier alpha value is -3.67. The van der Waals surface area contributed by atoms with E-state index in [0.717, 1.165) is 22.2 Å². The minimum atomic E-state index is -0.644. The first-order valence-corrected chi connectivity index (χ1v) is 9.79. The van der Waals surface area contributed by atoms with Crippen molar-refractivity contribution in [2.75, 3.05) is 11.9 Å². The van der Waals surface area contributed by atoms with Gasteiger partial charge in [0.2, 0.25) is 0 Å². The van der Waals surface area contributed by atoms with Gasteiger partial charge >= 0.3 is 6.03 Å². The second-order valence-electron chi connectivity index (χ2n) is 7.34. The zero-order valence-corrected chi connectivity index (χ0v) is 16.0. The number of anilines is 1. The van der Waals surface area contributed by atoms with Gasteiger partial charge < -0.3 is 15.2 Å². The van der Waals surface area contributed by atoms with E-state index in [1.165, 1.54) is 18.2 Å². The van der Waals surface area contributed by atoms with Crippen LogP contribution in [0.4, 0.5) is 19.3 Å². The van der Waals surface area contributed by atoms with Crippen LogP contribution in [0.25, 0.3) is 10.9 Å². The second-order valence-corrected chi connectivity index (χ2v) is 7.34. The van der Waals surface area contributed by atoms with Crippen molar-refractivity contribution in [3.63, 3.8) is 0 Å². The molecule has 0 saturated carbocycles. The van der Waals surface area contributed by atoms with Crippen LogP contribution in [0.15, 0.2) is 72.8 Å². The Kier molecular flexibility index (Phi) is 4.47. The van der Waals surface area contributed by atoms with Gasteiger partial charge in [-0.2, -0.15) is 0 Å². The number of hydrogen-bond acceptors (Lipinski definition) is 1. The van der Waals surface area contributed by atoms with Gasteiger partial charge in [0, 0.05) is 28.7 Å². The van der Waals surface area contributed by atoms with Crippen LogP contribution in [-0.4, -0.2) is 22.5 Å². The largest absolute Gasteiger partial charge is 0.356 e. The summed E-state index contributed by atoms with van der Waals surface area (Å²) in [4.78, 5) is 18.1. The minimum Gasteiger partial charge on any atom is -0.356 e. The van der Waals surface area contributed by atoms with Gasteiger partial charge in [-0.25, -0.2) is 13.6 Å². The maximum Gasteiger partial charge on any atom is 0.322 e. The number of nitrogens with zero attached hydrogens (tertiary/aromatic N) is 1. The molecule has 2 heterocycles. The molecule has 4 aromatic rings. The molecule has 0 radical (unpaired) electrons. The van der Waals surface area contributed by atoms with E-state index in [1.54, 1.807) is 35.2 Å². The summed E-state index contributed by atoms with van der Waals surface area (Å²) in [5.74, 6) is -0.908. The number of amides is 2. The summed E-state index contributed by atoms with van der Waals surface area (Å²) >= 11 is 0. The number of hydrogen-bond donors (Lipinski definition) is 2. The summed E-state index contributed by atoms with van der Waals surface area (Å²) in [6, 6.07) is 19.2. The van der Waals surface area contributed by atoms with Gasteiger partial charge in [-0.05, 0) is 36.2 Å². The van der Waals surface area contributed by atoms with E-state index in [4.69, 9.17) is 0 Å². The Balaban J connectivity index is 1.61. The number of aromatic nitrogens is 1. The van der Waals surface area contributed by atoms with Crippen molar-refractivity contribution in [1.29, 1.82) is 0 Å². The zero-order chi connectivity index (χ0) is 20.7. The minimum absolute atomic E-state index is 0.0947. The lowest BCUT2D eigenvalue weighted by atomic mass is 9.92. The fourth-order valence-corrected chi connectivity index (χ4v) is 4.23. The number of aromatic amines is 1. The first-order chi connectivity index (χ1) is 14.6. The van der Waals surface area contributed by atoms with Crippen LogP contribution >= 0.6 is 0 Å². The maximum absolute atomic E-state index is 14.8. The average molecular weight is 403 g/mol. The fraction of sp³-hybridized carbons (Fsp3) is 0.125. The van der Waals surface area contributed by atoms with E-state index in [9.17, 15) is 13.6 Å². The Morgan fingerprint density at radius 3 is 2.43 bits per heavy atom. The van der Waals surface area contributed by atoms with Crippen molar-refractivity contribution in [2.45, 2.75) is 12.5 Å². The SMILES string of the molecule is O=C(Nc1ccccc1F)N1CCc2c([nH]c3ccccc23)C1c1ccccc1F. The highest BCUT2D eigenvalue weighted by molar-refractivity contribution is 5.91. The number of nitrogens with one attached hydrogen (secondary N) is 2. The zero-order valence-electron chi connectivity index (χ0n) is 16.0. The number of urea groups is 1. The molecule has 1 aliphatic rings. The summed E-state index contributed by atoms with van der Waals surface area (Å²) in [6.45, 7) is 0.383. The lowest BCUT2D eigenvalue weighted by Gasteiger charge is -2.36. The predicted molar refractivity (Wildman–Crippen MR) is 112 cm³/mol. The summed E-state index contributed by atoms with van der Waals surface area (Å²) in [5, 5.41) is 3.71. The molecule has 0 spiro atoms. The number of halogens is 2. The Bertz CT molecular complexity index is 1250. The number of carbonyl (C=O) groups is 1. The molecule has 1 aliphatic heterocycles. The van der Waals surface area contributed by atoms with Crippen LogP contribution in [0.1, 0.15) is 22.9 Å². The fourth-order valence-electron chi connectivity index (χ4n) is 4.23. The van der Waals surface area contributed by atoms with Crippen molar-refractivity contribution >= 4 is 22.6 Å². The molecule has 1 unspecified atom stereocenters. The monoisotopic (exact) mass is 403 g/mol. The van der Waals surface area contributed by atoms with Crippen LogP contribution in [0.2, 0.25) is 0 Å². The van der Waals surface area contributed by atoms with Crippen molar-refractivity contribution in [1.82, 2.24) is 9.88 Å². The van der Waals surface area contributed by atoms with E-state index in [2.05, 4.69) is 10.3 Å². The molecule has 0 saturated heterocycles. The molecule has 5 rings (SSSR count). The Morgan fingerprint density at radius 1 is 0.933 bits per heavy atom. The number of carbonyl (C=O) groups excluding carboxylic acids is 1. The highest BCUT2D eigenvalue weighted by atomic mass is 19.1. The lowest BCUT2D eigenvalue weighted by Crippen LogP contribution is -2.43. The molecule has 2 amide bonds. The van der Waals surface area contributed by atoms with Gasteiger partial charge in [0.15, 0.2) is 0 Å². The molecule has 1 aromatic heterocycles. The lowest BCUT2D eigenvalue weighted by molar-refractivity contribution is 0.191. The van der Waals surface area contributed by atoms with Crippen LogP contribution < -0.4 is 5.32 Å². The summed E-state index contributed by atoms with van der Waals surface area (Å²) < 4.78 is 28.9. The van der Waals surface area contributed by atoms with Gasteiger partial charge in [0.1, 0.15) is 17.7 Å². The van der Waals surface area contributed by atoms with Crippen LogP contribution in [-0.2, 0) is 6.42 Å². The molecule has 0 aliphatic carbocycles. The molecule has 6 heteroatoms. The molecule has 1 atom stereocenters. The molecule has 3 aromatic carbocycles. The predicted octanol–water partition coefficient (Wildman–Crippen LogP) is 5.63. The summed E-state index contributed by atoms with van der Waals surface area (Å²) in [7, 11) is 0. The third-order valence-corrected chi connectivity index (χ3v) is 5.61. The van der Waals surface area contributed by atoms with E-state index in [1.807, 2.05) is 24.3 Å². The number of benzene rings is 3. The molecule has 0 fully saturated rings. The average Bonchev–Trinajstić information content (AvgIpc) is 3.14.